The van der Waals surface area contributed by atoms with Crippen LogP contribution in [0.1, 0.15) is 36.0 Å². The van der Waals surface area contributed by atoms with Gasteiger partial charge in [-0.3, -0.25) is 4.79 Å². The number of carbonyl (C=O) groups is 1. The fourth-order valence-electron chi connectivity index (χ4n) is 2.33. The van der Waals surface area contributed by atoms with Crippen molar-refractivity contribution in [2.75, 3.05) is 7.11 Å². The van der Waals surface area contributed by atoms with Crippen molar-refractivity contribution in [3.05, 3.63) is 23.8 Å². The summed E-state index contributed by atoms with van der Waals surface area (Å²) >= 11 is 3.59. The number of nitrogens with one attached hydrogen (secondary N) is 1. The number of benzene rings is 1. The number of carbonyl (C=O) groups excluding carboxylic acids is 1. The Hall–Kier alpha value is -1.23. The molecule has 0 unspecified atom stereocenters. The largest absolute Gasteiger partial charge is 0.504 e. The second kappa shape index (κ2) is 6.28. The van der Waals surface area contributed by atoms with Crippen LogP contribution in [0.3, 0.4) is 0 Å². The van der Waals surface area contributed by atoms with Crippen molar-refractivity contribution in [3.8, 4) is 11.5 Å². The van der Waals surface area contributed by atoms with Gasteiger partial charge in [0.2, 0.25) is 0 Å². The van der Waals surface area contributed by atoms with Gasteiger partial charge in [0, 0.05) is 10.9 Å². The Morgan fingerprint density at radius 3 is 2.68 bits per heavy atom. The number of phenols is 1. The summed E-state index contributed by atoms with van der Waals surface area (Å²) < 4.78 is 5.00. The van der Waals surface area contributed by atoms with Gasteiger partial charge in [0.05, 0.1) is 12.7 Å². The molecule has 1 amide bonds. The molecule has 4 nitrogen and oxygen atoms in total. The van der Waals surface area contributed by atoms with Crippen LogP contribution in [0.5, 0.6) is 11.5 Å². The highest BCUT2D eigenvalue weighted by molar-refractivity contribution is 9.09. The van der Waals surface area contributed by atoms with Gasteiger partial charge < -0.3 is 15.2 Å². The van der Waals surface area contributed by atoms with Crippen molar-refractivity contribution in [2.24, 2.45) is 0 Å². The Morgan fingerprint density at radius 1 is 1.37 bits per heavy atom. The highest BCUT2D eigenvalue weighted by atomic mass is 79.9. The van der Waals surface area contributed by atoms with E-state index in [4.69, 9.17) is 4.74 Å². The highest BCUT2D eigenvalue weighted by Crippen LogP contribution is 2.30. The lowest BCUT2D eigenvalue weighted by atomic mass is 9.95. The van der Waals surface area contributed by atoms with Crippen LogP contribution in [0.2, 0.25) is 0 Å². The Labute approximate surface area is 121 Å². The van der Waals surface area contributed by atoms with Crippen LogP contribution in [0.15, 0.2) is 18.2 Å². The van der Waals surface area contributed by atoms with Gasteiger partial charge in [-0.05, 0) is 37.8 Å². The normalized spacial score (nSPS) is 22.8. The maximum absolute atomic E-state index is 12.1. The molecule has 0 aliphatic heterocycles. The summed E-state index contributed by atoms with van der Waals surface area (Å²) in [7, 11) is 1.47. The molecular formula is C14H18BrNO3. The van der Waals surface area contributed by atoms with Gasteiger partial charge >= 0.3 is 0 Å². The van der Waals surface area contributed by atoms with E-state index < -0.39 is 0 Å². The van der Waals surface area contributed by atoms with Crippen LogP contribution in [0.25, 0.3) is 0 Å². The van der Waals surface area contributed by atoms with Crippen LogP contribution in [-0.4, -0.2) is 29.0 Å². The summed E-state index contributed by atoms with van der Waals surface area (Å²) in [6.07, 6.45) is 4.06. The number of hydrogen-bond donors (Lipinski definition) is 2. The van der Waals surface area contributed by atoms with Crippen LogP contribution in [-0.2, 0) is 0 Å². The van der Waals surface area contributed by atoms with E-state index in [1.165, 1.54) is 7.11 Å². The monoisotopic (exact) mass is 327 g/mol. The van der Waals surface area contributed by atoms with Crippen molar-refractivity contribution in [1.29, 1.82) is 0 Å². The average Bonchev–Trinajstić information content (AvgIpc) is 2.41. The summed E-state index contributed by atoms with van der Waals surface area (Å²) in [5.74, 6) is -0.0251. The number of hydrogen-bond acceptors (Lipinski definition) is 3. The summed E-state index contributed by atoms with van der Waals surface area (Å²) in [5.41, 5.74) is 0.264. The number of para-hydroxylation sites is 1. The van der Waals surface area contributed by atoms with E-state index in [9.17, 15) is 9.90 Å². The zero-order chi connectivity index (χ0) is 13.8. The number of ether oxygens (including phenoxy) is 1. The van der Waals surface area contributed by atoms with E-state index in [1.807, 2.05) is 0 Å². The minimum absolute atomic E-state index is 0.100. The molecule has 0 saturated heterocycles. The molecule has 1 saturated carbocycles. The van der Waals surface area contributed by atoms with E-state index in [2.05, 4.69) is 21.2 Å². The van der Waals surface area contributed by atoms with Crippen molar-refractivity contribution < 1.29 is 14.6 Å². The summed E-state index contributed by atoms with van der Waals surface area (Å²) in [4.78, 5) is 12.7. The predicted molar refractivity (Wildman–Crippen MR) is 77.1 cm³/mol. The smallest absolute Gasteiger partial charge is 0.255 e. The van der Waals surface area contributed by atoms with E-state index in [0.717, 1.165) is 25.7 Å². The number of amides is 1. The number of phenolic OH excluding ortho intramolecular Hbond substituents is 1. The maximum atomic E-state index is 12.1. The van der Waals surface area contributed by atoms with Gasteiger partial charge in [0.1, 0.15) is 0 Å². The van der Waals surface area contributed by atoms with Crippen molar-refractivity contribution >= 4 is 21.8 Å². The molecule has 1 aliphatic carbocycles. The molecule has 0 bridgehead atoms. The van der Waals surface area contributed by atoms with Crippen LogP contribution in [0.4, 0.5) is 0 Å². The van der Waals surface area contributed by atoms with Crippen LogP contribution >= 0.6 is 15.9 Å². The third-order valence-electron chi connectivity index (χ3n) is 3.46. The average molecular weight is 328 g/mol. The Kier molecular flexibility index (Phi) is 4.69. The van der Waals surface area contributed by atoms with Crippen molar-refractivity contribution in [3.63, 3.8) is 0 Å². The van der Waals surface area contributed by atoms with Gasteiger partial charge in [-0.1, -0.05) is 22.0 Å². The molecule has 104 valence electrons. The molecule has 2 rings (SSSR count). The molecule has 0 atom stereocenters. The molecule has 5 heteroatoms. The first-order valence-corrected chi connectivity index (χ1v) is 7.34. The molecule has 1 aromatic carbocycles. The van der Waals surface area contributed by atoms with E-state index in [1.54, 1.807) is 18.2 Å². The second-order valence-electron chi connectivity index (χ2n) is 4.78. The lowest BCUT2D eigenvalue weighted by molar-refractivity contribution is 0.0925. The highest BCUT2D eigenvalue weighted by Gasteiger charge is 2.22. The number of halogens is 1. The maximum Gasteiger partial charge on any atom is 0.255 e. The van der Waals surface area contributed by atoms with E-state index >= 15 is 0 Å². The third kappa shape index (κ3) is 3.41. The first-order chi connectivity index (χ1) is 9.11. The lowest BCUT2D eigenvalue weighted by Gasteiger charge is -2.26. The Bertz CT molecular complexity index is 456. The van der Waals surface area contributed by atoms with Crippen LogP contribution in [0, 0.1) is 0 Å². The van der Waals surface area contributed by atoms with Gasteiger partial charge in [-0.2, -0.15) is 0 Å². The molecule has 0 radical (unpaired) electrons. The number of rotatable bonds is 3. The SMILES string of the molecule is COc1cccc(C(=O)NC2CCC(Br)CC2)c1O. The third-order valence-corrected chi connectivity index (χ3v) is 4.37. The molecule has 1 fully saturated rings. The number of methoxy groups -OCH3 is 1. The number of alkyl halides is 1. The summed E-state index contributed by atoms with van der Waals surface area (Å²) in [5, 5.41) is 12.9. The van der Waals surface area contributed by atoms with Gasteiger partial charge in [0.25, 0.3) is 5.91 Å². The van der Waals surface area contributed by atoms with Crippen LogP contribution < -0.4 is 10.1 Å². The number of aromatic hydroxyl groups is 1. The first-order valence-electron chi connectivity index (χ1n) is 6.42. The molecular weight excluding hydrogens is 310 g/mol. The topological polar surface area (TPSA) is 58.6 Å². The molecule has 1 aliphatic rings. The fraction of sp³-hybridized carbons (Fsp3) is 0.500. The zero-order valence-electron chi connectivity index (χ0n) is 10.9. The summed E-state index contributed by atoms with van der Waals surface area (Å²) in [6.45, 7) is 0. The molecule has 0 spiro atoms. The fourth-order valence-corrected chi connectivity index (χ4v) is 2.86. The minimum Gasteiger partial charge on any atom is -0.504 e. The van der Waals surface area contributed by atoms with Gasteiger partial charge in [0.15, 0.2) is 11.5 Å². The molecule has 1 aromatic rings. The van der Waals surface area contributed by atoms with E-state index in [-0.39, 0.29) is 23.3 Å². The van der Waals surface area contributed by atoms with Crippen molar-refractivity contribution in [1.82, 2.24) is 5.32 Å². The first kappa shape index (κ1) is 14.2. The Balaban J connectivity index is 2.04. The molecule has 0 aromatic heterocycles. The van der Waals surface area contributed by atoms with Crippen molar-refractivity contribution in [2.45, 2.75) is 36.6 Å². The molecule has 0 heterocycles. The molecule has 19 heavy (non-hydrogen) atoms. The van der Waals surface area contributed by atoms with Gasteiger partial charge in [-0.15, -0.1) is 0 Å². The lowest BCUT2D eigenvalue weighted by Crippen LogP contribution is -2.37. The zero-order valence-corrected chi connectivity index (χ0v) is 12.4. The van der Waals surface area contributed by atoms with Gasteiger partial charge in [-0.25, -0.2) is 0 Å². The van der Waals surface area contributed by atoms with E-state index in [0.29, 0.717) is 10.6 Å². The predicted octanol–water partition coefficient (Wildman–Crippen LogP) is 2.84. The Morgan fingerprint density at radius 2 is 2.05 bits per heavy atom. The molecule has 2 N–H and O–H groups in total. The minimum atomic E-state index is -0.241. The standard InChI is InChI=1S/C14H18BrNO3/c1-19-12-4-2-3-11(13(12)17)14(18)16-10-7-5-9(15)6-8-10/h2-4,9-10,17H,5-8H2,1H3,(H,16,18). The quantitative estimate of drug-likeness (QED) is 0.839. The summed E-state index contributed by atoms with van der Waals surface area (Å²) in [6, 6.07) is 5.11. The second-order valence-corrected chi connectivity index (χ2v) is 6.07.